The average molecular weight is 249 g/mol. The Hall–Kier alpha value is -1.06. The highest BCUT2D eigenvalue weighted by atomic mass is 16.5. The van der Waals surface area contributed by atoms with E-state index < -0.39 is 5.60 Å². The Morgan fingerprint density at radius 1 is 1.33 bits per heavy atom. The van der Waals surface area contributed by atoms with Crippen molar-refractivity contribution in [2.75, 3.05) is 26.7 Å². The highest BCUT2D eigenvalue weighted by Gasteiger charge is 2.31. The van der Waals surface area contributed by atoms with Gasteiger partial charge in [0.05, 0.1) is 12.7 Å². The molecule has 1 heterocycles. The molecule has 1 aliphatic heterocycles. The molecule has 0 spiro atoms. The summed E-state index contributed by atoms with van der Waals surface area (Å²) in [5, 5.41) is 10.6. The number of likely N-dealkylation sites (tertiary alicyclic amines) is 1. The Kier molecular flexibility index (Phi) is 4.25. The standard InChI is InChI=1S/C15H23NO2/c1-3-16-9-7-15(17,8-10-16)12-13-5-4-6-14(11-13)18-2/h4-6,11,17H,3,7-10,12H2,1-2H3. The summed E-state index contributed by atoms with van der Waals surface area (Å²) in [5.41, 5.74) is 0.611. The summed E-state index contributed by atoms with van der Waals surface area (Å²) in [4.78, 5) is 2.39. The summed E-state index contributed by atoms with van der Waals surface area (Å²) in [7, 11) is 1.67. The zero-order chi connectivity index (χ0) is 13.0. The van der Waals surface area contributed by atoms with E-state index in [4.69, 9.17) is 4.74 Å². The van der Waals surface area contributed by atoms with Gasteiger partial charge in [-0.1, -0.05) is 19.1 Å². The van der Waals surface area contributed by atoms with Gasteiger partial charge in [0, 0.05) is 19.5 Å². The van der Waals surface area contributed by atoms with E-state index in [0.29, 0.717) is 0 Å². The van der Waals surface area contributed by atoms with Crippen LogP contribution in [0.1, 0.15) is 25.3 Å². The lowest BCUT2D eigenvalue weighted by atomic mass is 9.85. The van der Waals surface area contributed by atoms with E-state index in [1.54, 1.807) is 7.11 Å². The first-order valence-corrected chi connectivity index (χ1v) is 6.73. The molecule has 18 heavy (non-hydrogen) atoms. The monoisotopic (exact) mass is 249 g/mol. The Balaban J connectivity index is 1.99. The molecule has 1 aromatic carbocycles. The van der Waals surface area contributed by atoms with Crippen molar-refractivity contribution in [3.05, 3.63) is 29.8 Å². The first-order valence-electron chi connectivity index (χ1n) is 6.73. The molecule has 1 aromatic rings. The molecule has 0 bridgehead atoms. The van der Waals surface area contributed by atoms with Crippen LogP contribution in [0.15, 0.2) is 24.3 Å². The molecule has 0 radical (unpaired) electrons. The fourth-order valence-corrected chi connectivity index (χ4v) is 2.62. The lowest BCUT2D eigenvalue weighted by Gasteiger charge is -2.38. The minimum atomic E-state index is -0.544. The van der Waals surface area contributed by atoms with E-state index in [-0.39, 0.29) is 0 Å². The number of methoxy groups -OCH3 is 1. The topological polar surface area (TPSA) is 32.7 Å². The van der Waals surface area contributed by atoms with Crippen molar-refractivity contribution in [3.8, 4) is 5.75 Å². The molecule has 0 unspecified atom stereocenters. The normalized spacial score (nSPS) is 19.7. The van der Waals surface area contributed by atoms with Gasteiger partial charge < -0.3 is 14.7 Å². The molecule has 1 saturated heterocycles. The Labute approximate surface area is 109 Å². The molecule has 1 aliphatic rings. The van der Waals surface area contributed by atoms with Gasteiger partial charge in [-0.3, -0.25) is 0 Å². The minimum absolute atomic E-state index is 0.544. The maximum atomic E-state index is 10.6. The molecular formula is C15H23NO2. The molecule has 0 amide bonds. The third kappa shape index (κ3) is 3.24. The quantitative estimate of drug-likeness (QED) is 0.887. The fourth-order valence-electron chi connectivity index (χ4n) is 2.62. The molecule has 100 valence electrons. The number of ether oxygens (including phenoxy) is 1. The Bertz CT molecular complexity index is 384. The van der Waals surface area contributed by atoms with Gasteiger partial charge in [0.25, 0.3) is 0 Å². The van der Waals surface area contributed by atoms with Gasteiger partial charge in [-0.15, -0.1) is 0 Å². The number of hydrogen-bond acceptors (Lipinski definition) is 3. The van der Waals surface area contributed by atoms with Gasteiger partial charge in [-0.25, -0.2) is 0 Å². The second-order valence-electron chi connectivity index (χ2n) is 5.19. The summed E-state index contributed by atoms with van der Waals surface area (Å²) in [5.74, 6) is 0.863. The average Bonchev–Trinajstić information content (AvgIpc) is 2.39. The van der Waals surface area contributed by atoms with Crippen LogP contribution in [-0.4, -0.2) is 42.4 Å². The van der Waals surface area contributed by atoms with Crippen LogP contribution in [-0.2, 0) is 6.42 Å². The van der Waals surface area contributed by atoms with E-state index in [0.717, 1.165) is 50.2 Å². The van der Waals surface area contributed by atoms with Crippen LogP contribution >= 0.6 is 0 Å². The number of benzene rings is 1. The third-order valence-electron chi connectivity index (χ3n) is 3.90. The maximum Gasteiger partial charge on any atom is 0.119 e. The van der Waals surface area contributed by atoms with Crippen molar-refractivity contribution >= 4 is 0 Å². The van der Waals surface area contributed by atoms with Crippen LogP contribution < -0.4 is 4.74 Å². The molecule has 2 rings (SSSR count). The van der Waals surface area contributed by atoms with Crippen molar-refractivity contribution in [1.29, 1.82) is 0 Å². The lowest BCUT2D eigenvalue weighted by Crippen LogP contribution is -2.45. The van der Waals surface area contributed by atoms with Crippen LogP contribution in [0, 0.1) is 0 Å². The fraction of sp³-hybridized carbons (Fsp3) is 0.600. The molecule has 0 saturated carbocycles. The number of aliphatic hydroxyl groups is 1. The predicted molar refractivity (Wildman–Crippen MR) is 73.0 cm³/mol. The van der Waals surface area contributed by atoms with Gasteiger partial charge in [-0.2, -0.15) is 0 Å². The van der Waals surface area contributed by atoms with E-state index in [1.165, 1.54) is 0 Å². The van der Waals surface area contributed by atoms with Crippen LogP contribution in [0.25, 0.3) is 0 Å². The highest BCUT2D eigenvalue weighted by molar-refractivity contribution is 5.29. The molecule has 0 atom stereocenters. The van der Waals surface area contributed by atoms with Gasteiger partial charge in [-0.05, 0) is 37.1 Å². The van der Waals surface area contributed by atoms with Gasteiger partial charge in [0.1, 0.15) is 5.75 Å². The minimum Gasteiger partial charge on any atom is -0.497 e. The lowest BCUT2D eigenvalue weighted by molar-refractivity contribution is -0.0194. The molecule has 0 aromatic heterocycles. The highest BCUT2D eigenvalue weighted by Crippen LogP contribution is 2.27. The van der Waals surface area contributed by atoms with Gasteiger partial charge in [0.2, 0.25) is 0 Å². The molecule has 3 nitrogen and oxygen atoms in total. The van der Waals surface area contributed by atoms with Crippen LogP contribution in [0.2, 0.25) is 0 Å². The number of nitrogens with zero attached hydrogens (tertiary/aromatic N) is 1. The molecule has 1 fully saturated rings. The zero-order valence-corrected chi connectivity index (χ0v) is 11.4. The second-order valence-corrected chi connectivity index (χ2v) is 5.19. The van der Waals surface area contributed by atoms with Crippen molar-refractivity contribution in [2.45, 2.75) is 31.8 Å². The summed E-state index contributed by atoms with van der Waals surface area (Å²) >= 11 is 0. The van der Waals surface area contributed by atoms with Crippen molar-refractivity contribution in [2.24, 2.45) is 0 Å². The van der Waals surface area contributed by atoms with Crippen molar-refractivity contribution in [1.82, 2.24) is 4.90 Å². The first-order chi connectivity index (χ1) is 8.65. The molecule has 1 N–H and O–H groups in total. The summed E-state index contributed by atoms with van der Waals surface area (Å²) in [6, 6.07) is 8.00. The van der Waals surface area contributed by atoms with E-state index in [9.17, 15) is 5.11 Å². The van der Waals surface area contributed by atoms with Crippen LogP contribution in [0.5, 0.6) is 5.75 Å². The largest absolute Gasteiger partial charge is 0.497 e. The van der Waals surface area contributed by atoms with Gasteiger partial charge in [0.15, 0.2) is 0 Å². The van der Waals surface area contributed by atoms with E-state index in [1.807, 2.05) is 18.2 Å². The number of rotatable bonds is 4. The predicted octanol–water partition coefficient (Wildman–Crippen LogP) is 2.08. The summed E-state index contributed by atoms with van der Waals surface area (Å²) in [6.07, 6.45) is 2.44. The van der Waals surface area contributed by atoms with Crippen LogP contribution in [0.4, 0.5) is 0 Å². The molecule has 3 heteroatoms. The molecule has 0 aliphatic carbocycles. The zero-order valence-electron chi connectivity index (χ0n) is 11.4. The smallest absolute Gasteiger partial charge is 0.119 e. The maximum absolute atomic E-state index is 10.6. The SMILES string of the molecule is CCN1CCC(O)(Cc2cccc(OC)c2)CC1. The van der Waals surface area contributed by atoms with E-state index in [2.05, 4.69) is 17.9 Å². The summed E-state index contributed by atoms with van der Waals surface area (Å²) in [6.45, 7) is 5.25. The second kappa shape index (κ2) is 5.72. The third-order valence-corrected chi connectivity index (χ3v) is 3.90. The van der Waals surface area contributed by atoms with E-state index >= 15 is 0 Å². The number of hydrogen-bond donors (Lipinski definition) is 1. The molecular weight excluding hydrogens is 226 g/mol. The Morgan fingerprint density at radius 3 is 2.67 bits per heavy atom. The van der Waals surface area contributed by atoms with Crippen molar-refractivity contribution in [3.63, 3.8) is 0 Å². The first kappa shape index (κ1) is 13.4. The summed E-state index contributed by atoms with van der Waals surface area (Å²) < 4.78 is 5.22. The van der Waals surface area contributed by atoms with Gasteiger partial charge >= 0.3 is 0 Å². The van der Waals surface area contributed by atoms with Crippen molar-refractivity contribution < 1.29 is 9.84 Å². The Morgan fingerprint density at radius 2 is 2.06 bits per heavy atom. The number of piperidine rings is 1. The van der Waals surface area contributed by atoms with Crippen LogP contribution in [0.3, 0.4) is 0 Å².